The van der Waals surface area contributed by atoms with Crippen molar-refractivity contribution in [2.45, 2.75) is 13.0 Å². The fraction of sp³-hybridized carbons (Fsp3) is 0.235. The van der Waals surface area contributed by atoms with E-state index in [9.17, 15) is 0 Å². The van der Waals surface area contributed by atoms with E-state index in [1.165, 1.54) is 11.3 Å². The molecule has 0 amide bonds. The summed E-state index contributed by atoms with van der Waals surface area (Å²) in [4.78, 5) is 7.13. The largest absolute Gasteiger partial charge is 0.342 e. The van der Waals surface area contributed by atoms with Gasteiger partial charge in [-0.2, -0.15) is 0 Å². The van der Waals surface area contributed by atoms with Gasteiger partial charge in [0.25, 0.3) is 0 Å². The van der Waals surface area contributed by atoms with Gasteiger partial charge in [-0.15, -0.1) is 0 Å². The first-order valence-corrected chi connectivity index (χ1v) is 6.90. The van der Waals surface area contributed by atoms with Gasteiger partial charge in [0.05, 0.1) is 22.8 Å². The number of nitrogens with one attached hydrogen (secondary N) is 1. The lowest BCUT2D eigenvalue weighted by Crippen LogP contribution is -2.31. The molecule has 1 N–H and O–H groups in total. The molecule has 20 heavy (non-hydrogen) atoms. The Morgan fingerprint density at radius 2 is 1.65 bits per heavy atom. The fourth-order valence-electron chi connectivity index (χ4n) is 2.61. The molecular formula is C17H19N3. The molecule has 0 saturated heterocycles. The summed E-state index contributed by atoms with van der Waals surface area (Å²) in [5, 5.41) is 3.30. The van der Waals surface area contributed by atoms with Crippen LogP contribution in [0.3, 0.4) is 0 Å². The SMILES string of the molecule is CNC(C)C1=Nc2ccccc2N(C)c2ccccc21. The molecule has 0 aromatic heterocycles. The smallest absolute Gasteiger partial charge is 0.0870 e. The minimum atomic E-state index is 0.204. The standard InChI is InChI=1S/C17H19N3/c1-12(18-2)17-13-8-4-6-10-15(13)20(3)16-11-7-5-9-14(16)19-17/h4-12,18H,1-3H3. The molecule has 0 spiro atoms. The number of likely N-dealkylation sites (N-methyl/N-ethyl adjacent to an activating group) is 1. The van der Waals surface area contributed by atoms with Gasteiger partial charge in [-0.05, 0) is 32.2 Å². The van der Waals surface area contributed by atoms with Crippen molar-refractivity contribution >= 4 is 22.8 Å². The van der Waals surface area contributed by atoms with Crippen LogP contribution in [0.5, 0.6) is 0 Å². The summed E-state index contributed by atoms with van der Waals surface area (Å²) in [6.07, 6.45) is 0. The van der Waals surface area contributed by atoms with Crippen molar-refractivity contribution in [2.75, 3.05) is 19.0 Å². The number of benzene rings is 2. The van der Waals surface area contributed by atoms with Crippen LogP contribution in [0.4, 0.5) is 17.1 Å². The Hall–Kier alpha value is -2.13. The van der Waals surface area contributed by atoms with Crippen molar-refractivity contribution in [1.82, 2.24) is 5.32 Å². The molecule has 1 aliphatic rings. The molecule has 0 fully saturated rings. The number of aliphatic imine (C=N–C) groups is 1. The van der Waals surface area contributed by atoms with Crippen LogP contribution in [-0.4, -0.2) is 25.8 Å². The van der Waals surface area contributed by atoms with Crippen LogP contribution >= 0.6 is 0 Å². The third-order valence-corrected chi connectivity index (χ3v) is 3.87. The van der Waals surface area contributed by atoms with Gasteiger partial charge in [0.15, 0.2) is 0 Å². The Kier molecular flexibility index (Phi) is 3.28. The first-order valence-electron chi connectivity index (χ1n) is 6.90. The summed E-state index contributed by atoms with van der Waals surface area (Å²) in [7, 11) is 4.07. The minimum absolute atomic E-state index is 0.204. The Balaban J connectivity index is 2.28. The highest BCUT2D eigenvalue weighted by atomic mass is 15.1. The molecule has 1 aliphatic heterocycles. The van der Waals surface area contributed by atoms with Gasteiger partial charge < -0.3 is 10.2 Å². The monoisotopic (exact) mass is 265 g/mol. The predicted octanol–water partition coefficient (Wildman–Crippen LogP) is 3.50. The fourth-order valence-corrected chi connectivity index (χ4v) is 2.61. The van der Waals surface area contributed by atoms with Crippen molar-refractivity contribution in [3.63, 3.8) is 0 Å². The summed E-state index contributed by atoms with van der Waals surface area (Å²) in [5.74, 6) is 0. The number of nitrogens with zero attached hydrogens (tertiary/aromatic N) is 2. The highest BCUT2D eigenvalue weighted by Gasteiger charge is 2.22. The molecule has 102 valence electrons. The van der Waals surface area contributed by atoms with Crippen molar-refractivity contribution < 1.29 is 0 Å². The van der Waals surface area contributed by atoms with E-state index < -0.39 is 0 Å². The Morgan fingerprint density at radius 1 is 1.00 bits per heavy atom. The minimum Gasteiger partial charge on any atom is -0.342 e. The first-order chi connectivity index (χ1) is 9.72. The van der Waals surface area contributed by atoms with Gasteiger partial charge >= 0.3 is 0 Å². The molecule has 1 unspecified atom stereocenters. The predicted molar refractivity (Wildman–Crippen MR) is 85.7 cm³/mol. The second-order valence-electron chi connectivity index (χ2n) is 5.07. The summed E-state index contributed by atoms with van der Waals surface area (Å²) in [6, 6.07) is 16.9. The van der Waals surface area contributed by atoms with Crippen LogP contribution in [0.15, 0.2) is 53.5 Å². The Labute approximate surface area is 120 Å². The summed E-state index contributed by atoms with van der Waals surface area (Å²) in [6.45, 7) is 2.14. The molecule has 1 atom stereocenters. The summed E-state index contributed by atoms with van der Waals surface area (Å²) >= 11 is 0. The average Bonchev–Trinajstić information content (AvgIpc) is 2.63. The zero-order valence-corrected chi connectivity index (χ0v) is 12.1. The van der Waals surface area contributed by atoms with E-state index in [-0.39, 0.29) is 6.04 Å². The molecule has 2 aromatic carbocycles. The van der Waals surface area contributed by atoms with Gasteiger partial charge in [-0.3, -0.25) is 0 Å². The third kappa shape index (κ3) is 2.00. The maximum atomic E-state index is 4.91. The first kappa shape index (κ1) is 12.9. The van der Waals surface area contributed by atoms with E-state index in [2.05, 4.69) is 66.7 Å². The summed E-state index contributed by atoms with van der Waals surface area (Å²) in [5.41, 5.74) is 5.62. The second kappa shape index (κ2) is 5.10. The second-order valence-corrected chi connectivity index (χ2v) is 5.07. The molecule has 1 heterocycles. The van der Waals surface area contributed by atoms with E-state index in [4.69, 9.17) is 4.99 Å². The van der Waals surface area contributed by atoms with Crippen LogP contribution in [0.2, 0.25) is 0 Å². The molecule has 0 saturated carbocycles. The zero-order chi connectivity index (χ0) is 14.1. The number of fused-ring (bicyclic) bond motifs is 2. The normalized spacial score (nSPS) is 14.9. The van der Waals surface area contributed by atoms with E-state index in [0.717, 1.165) is 17.1 Å². The van der Waals surface area contributed by atoms with Crippen molar-refractivity contribution in [2.24, 2.45) is 4.99 Å². The van der Waals surface area contributed by atoms with Gasteiger partial charge in [-0.25, -0.2) is 4.99 Å². The molecule has 0 bridgehead atoms. The quantitative estimate of drug-likeness (QED) is 0.900. The lowest BCUT2D eigenvalue weighted by molar-refractivity contribution is 0.763. The molecule has 2 aromatic rings. The van der Waals surface area contributed by atoms with Crippen molar-refractivity contribution in [1.29, 1.82) is 0 Å². The van der Waals surface area contributed by atoms with E-state index in [1.54, 1.807) is 0 Å². The van der Waals surface area contributed by atoms with Gasteiger partial charge in [0.2, 0.25) is 0 Å². The van der Waals surface area contributed by atoms with Crippen LogP contribution in [-0.2, 0) is 0 Å². The maximum absolute atomic E-state index is 4.91. The topological polar surface area (TPSA) is 27.6 Å². The lowest BCUT2D eigenvalue weighted by Gasteiger charge is -2.22. The summed E-state index contributed by atoms with van der Waals surface area (Å²) < 4.78 is 0. The Morgan fingerprint density at radius 3 is 2.40 bits per heavy atom. The van der Waals surface area contributed by atoms with E-state index in [1.807, 2.05) is 13.1 Å². The van der Waals surface area contributed by atoms with Crippen LogP contribution < -0.4 is 10.2 Å². The van der Waals surface area contributed by atoms with Gasteiger partial charge in [-0.1, -0.05) is 30.3 Å². The highest BCUT2D eigenvalue weighted by Crippen LogP contribution is 2.38. The molecule has 0 radical (unpaired) electrons. The number of hydrogen-bond donors (Lipinski definition) is 1. The average molecular weight is 265 g/mol. The maximum Gasteiger partial charge on any atom is 0.0870 e. The number of para-hydroxylation sites is 3. The van der Waals surface area contributed by atoms with Crippen molar-refractivity contribution in [3.8, 4) is 0 Å². The molecule has 3 nitrogen and oxygen atoms in total. The van der Waals surface area contributed by atoms with E-state index >= 15 is 0 Å². The lowest BCUT2D eigenvalue weighted by atomic mass is 10.0. The van der Waals surface area contributed by atoms with Crippen LogP contribution in [0.1, 0.15) is 12.5 Å². The number of hydrogen-bond acceptors (Lipinski definition) is 3. The van der Waals surface area contributed by atoms with Gasteiger partial charge in [0, 0.05) is 18.7 Å². The van der Waals surface area contributed by atoms with E-state index in [0.29, 0.717) is 0 Å². The van der Waals surface area contributed by atoms with Crippen LogP contribution in [0.25, 0.3) is 0 Å². The van der Waals surface area contributed by atoms with Crippen molar-refractivity contribution in [3.05, 3.63) is 54.1 Å². The molecule has 3 heteroatoms. The zero-order valence-electron chi connectivity index (χ0n) is 12.1. The van der Waals surface area contributed by atoms with Crippen LogP contribution in [0, 0.1) is 0 Å². The molecule has 3 rings (SSSR count). The molecule has 0 aliphatic carbocycles. The number of anilines is 2. The van der Waals surface area contributed by atoms with Gasteiger partial charge in [0.1, 0.15) is 0 Å². The Bertz CT molecular complexity index is 661. The highest BCUT2D eigenvalue weighted by molar-refractivity contribution is 6.11. The third-order valence-electron chi connectivity index (χ3n) is 3.87. The molecular weight excluding hydrogens is 246 g/mol. The number of rotatable bonds is 2.